The van der Waals surface area contributed by atoms with Crippen molar-refractivity contribution in [1.29, 1.82) is 0 Å². The largest absolute Gasteiger partial charge is 0.485 e. The average Bonchev–Trinajstić information content (AvgIpc) is 2.84. The van der Waals surface area contributed by atoms with Crippen LogP contribution in [0.4, 0.5) is 5.69 Å². The van der Waals surface area contributed by atoms with E-state index in [1.807, 2.05) is 36.7 Å². The van der Waals surface area contributed by atoms with E-state index in [-0.39, 0.29) is 6.10 Å². The molecule has 1 aromatic carbocycles. The lowest BCUT2D eigenvalue weighted by molar-refractivity contribution is 0.202. The Morgan fingerprint density at radius 3 is 3.21 bits per heavy atom. The third kappa shape index (κ3) is 2.88. The first-order valence-electron chi connectivity index (χ1n) is 6.42. The summed E-state index contributed by atoms with van der Waals surface area (Å²) in [6.45, 7) is 4.57. The molecule has 100 valence electrons. The minimum atomic E-state index is 0.170. The van der Waals surface area contributed by atoms with E-state index >= 15 is 0 Å². The Labute approximate surface area is 116 Å². The molecule has 1 aliphatic heterocycles. The standard InChI is InChI=1S/C14H17N3OS/c1-10-14(19-9-17-10)8-15-6-11-7-16-12-4-2-3-5-13(12)18-11/h2-5,9,11,15-16H,6-8H2,1H3. The first-order chi connectivity index (χ1) is 9.33. The van der Waals surface area contributed by atoms with Crippen molar-refractivity contribution < 1.29 is 4.74 Å². The van der Waals surface area contributed by atoms with Gasteiger partial charge in [-0.05, 0) is 19.1 Å². The van der Waals surface area contributed by atoms with Crippen LogP contribution in [-0.2, 0) is 6.54 Å². The summed E-state index contributed by atoms with van der Waals surface area (Å²) in [6.07, 6.45) is 0.170. The van der Waals surface area contributed by atoms with Gasteiger partial charge in [0.15, 0.2) is 0 Å². The van der Waals surface area contributed by atoms with Crippen LogP contribution >= 0.6 is 11.3 Å². The zero-order valence-corrected chi connectivity index (χ0v) is 11.7. The third-order valence-electron chi connectivity index (χ3n) is 3.20. The van der Waals surface area contributed by atoms with Crippen molar-refractivity contribution in [2.75, 3.05) is 18.4 Å². The number of aryl methyl sites for hydroxylation is 1. The molecule has 0 bridgehead atoms. The normalized spacial score (nSPS) is 17.4. The predicted molar refractivity (Wildman–Crippen MR) is 77.9 cm³/mol. The van der Waals surface area contributed by atoms with E-state index in [2.05, 4.69) is 15.6 Å². The predicted octanol–water partition coefficient (Wildman–Crippen LogP) is 2.41. The number of ether oxygens (including phenoxy) is 1. The van der Waals surface area contributed by atoms with E-state index < -0.39 is 0 Å². The van der Waals surface area contributed by atoms with Crippen molar-refractivity contribution in [3.05, 3.63) is 40.3 Å². The fourth-order valence-electron chi connectivity index (χ4n) is 2.12. The van der Waals surface area contributed by atoms with Gasteiger partial charge in [-0.15, -0.1) is 11.3 Å². The Morgan fingerprint density at radius 2 is 2.37 bits per heavy atom. The maximum Gasteiger partial charge on any atom is 0.142 e. The highest BCUT2D eigenvalue weighted by Crippen LogP contribution is 2.27. The van der Waals surface area contributed by atoms with Crippen molar-refractivity contribution in [1.82, 2.24) is 10.3 Å². The monoisotopic (exact) mass is 275 g/mol. The minimum Gasteiger partial charge on any atom is -0.485 e. The molecule has 2 aromatic rings. The van der Waals surface area contributed by atoms with Gasteiger partial charge in [-0.25, -0.2) is 4.98 Å². The van der Waals surface area contributed by atoms with E-state index in [4.69, 9.17) is 4.74 Å². The van der Waals surface area contributed by atoms with Crippen LogP contribution in [0.15, 0.2) is 29.8 Å². The van der Waals surface area contributed by atoms with Crippen LogP contribution in [0, 0.1) is 6.92 Å². The molecule has 0 radical (unpaired) electrons. The summed E-state index contributed by atoms with van der Waals surface area (Å²) < 4.78 is 5.94. The maximum atomic E-state index is 5.94. The van der Waals surface area contributed by atoms with Gasteiger partial charge in [0.2, 0.25) is 0 Å². The smallest absolute Gasteiger partial charge is 0.142 e. The van der Waals surface area contributed by atoms with Crippen LogP contribution in [0.2, 0.25) is 0 Å². The number of nitrogens with zero attached hydrogens (tertiary/aromatic N) is 1. The van der Waals surface area contributed by atoms with Gasteiger partial charge < -0.3 is 15.4 Å². The van der Waals surface area contributed by atoms with Crippen molar-refractivity contribution in [2.24, 2.45) is 0 Å². The number of rotatable bonds is 4. The van der Waals surface area contributed by atoms with Gasteiger partial charge in [0, 0.05) is 18.0 Å². The summed E-state index contributed by atoms with van der Waals surface area (Å²) in [5.74, 6) is 0.939. The molecule has 5 heteroatoms. The maximum absolute atomic E-state index is 5.94. The Morgan fingerprint density at radius 1 is 1.47 bits per heavy atom. The molecular formula is C14H17N3OS. The number of hydrogen-bond donors (Lipinski definition) is 2. The van der Waals surface area contributed by atoms with Gasteiger partial charge >= 0.3 is 0 Å². The van der Waals surface area contributed by atoms with Crippen molar-refractivity contribution >= 4 is 17.0 Å². The molecule has 0 amide bonds. The highest BCUT2D eigenvalue weighted by atomic mass is 32.1. The molecule has 1 aromatic heterocycles. The Hall–Kier alpha value is -1.59. The average molecular weight is 275 g/mol. The molecule has 1 unspecified atom stereocenters. The number of benzene rings is 1. The molecule has 19 heavy (non-hydrogen) atoms. The SMILES string of the molecule is Cc1ncsc1CNCC1CNc2ccccc2O1. The fourth-order valence-corrected chi connectivity index (χ4v) is 2.86. The number of nitrogens with one attached hydrogen (secondary N) is 2. The van der Waals surface area contributed by atoms with Gasteiger partial charge in [-0.3, -0.25) is 0 Å². The van der Waals surface area contributed by atoms with Gasteiger partial charge in [-0.2, -0.15) is 0 Å². The number of thiazole rings is 1. The minimum absolute atomic E-state index is 0.170. The third-order valence-corrected chi connectivity index (χ3v) is 4.14. The molecule has 3 rings (SSSR count). The molecule has 0 fully saturated rings. The first-order valence-corrected chi connectivity index (χ1v) is 7.30. The van der Waals surface area contributed by atoms with E-state index in [9.17, 15) is 0 Å². The lowest BCUT2D eigenvalue weighted by Crippen LogP contribution is -2.39. The van der Waals surface area contributed by atoms with Crippen LogP contribution in [0.5, 0.6) is 5.75 Å². The molecule has 2 heterocycles. The summed E-state index contributed by atoms with van der Waals surface area (Å²) in [5.41, 5.74) is 4.09. The van der Waals surface area contributed by atoms with Crippen molar-refractivity contribution in [2.45, 2.75) is 19.6 Å². The van der Waals surface area contributed by atoms with Gasteiger partial charge in [0.1, 0.15) is 11.9 Å². The zero-order valence-electron chi connectivity index (χ0n) is 10.8. The second kappa shape index (κ2) is 5.59. The molecule has 0 aliphatic carbocycles. The number of para-hydroxylation sites is 2. The Kier molecular flexibility index (Phi) is 3.66. The Bertz CT molecular complexity index is 555. The van der Waals surface area contributed by atoms with Crippen molar-refractivity contribution in [3.63, 3.8) is 0 Å². The molecule has 0 saturated carbocycles. The molecule has 4 nitrogen and oxygen atoms in total. The molecule has 1 atom stereocenters. The molecule has 0 saturated heterocycles. The van der Waals surface area contributed by atoms with Crippen LogP contribution in [0.25, 0.3) is 0 Å². The molecule has 1 aliphatic rings. The summed E-state index contributed by atoms with van der Waals surface area (Å²) >= 11 is 1.69. The summed E-state index contributed by atoms with van der Waals surface area (Å²) in [7, 11) is 0. The zero-order chi connectivity index (χ0) is 13.1. The lowest BCUT2D eigenvalue weighted by Gasteiger charge is -2.27. The summed E-state index contributed by atoms with van der Waals surface area (Å²) in [4.78, 5) is 5.54. The van der Waals surface area contributed by atoms with E-state index in [0.717, 1.165) is 36.8 Å². The van der Waals surface area contributed by atoms with Crippen LogP contribution < -0.4 is 15.4 Å². The highest BCUT2D eigenvalue weighted by molar-refractivity contribution is 7.09. The second-order valence-corrected chi connectivity index (χ2v) is 5.55. The second-order valence-electron chi connectivity index (χ2n) is 4.61. The number of aromatic nitrogens is 1. The van der Waals surface area contributed by atoms with Gasteiger partial charge in [0.25, 0.3) is 0 Å². The van der Waals surface area contributed by atoms with Gasteiger partial charge in [-0.1, -0.05) is 12.1 Å². The number of hydrogen-bond acceptors (Lipinski definition) is 5. The Balaban J connectivity index is 1.51. The fraction of sp³-hybridized carbons (Fsp3) is 0.357. The summed E-state index contributed by atoms with van der Waals surface area (Å²) in [5, 5.41) is 6.83. The van der Waals surface area contributed by atoms with Crippen molar-refractivity contribution in [3.8, 4) is 5.75 Å². The van der Waals surface area contributed by atoms with E-state index in [1.165, 1.54) is 4.88 Å². The first kappa shape index (κ1) is 12.4. The van der Waals surface area contributed by atoms with Gasteiger partial charge in [0.05, 0.1) is 23.4 Å². The molecule has 0 spiro atoms. The number of fused-ring (bicyclic) bond motifs is 1. The van der Waals surface area contributed by atoms with E-state index in [1.54, 1.807) is 11.3 Å². The van der Waals surface area contributed by atoms with Crippen LogP contribution in [0.3, 0.4) is 0 Å². The molecular weight excluding hydrogens is 258 g/mol. The topological polar surface area (TPSA) is 46.2 Å². The van der Waals surface area contributed by atoms with E-state index in [0.29, 0.717) is 0 Å². The van der Waals surface area contributed by atoms with Crippen LogP contribution in [0.1, 0.15) is 10.6 Å². The van der Waals surface area contributed by atoms with Crippen LogP contribution in [-0.4, -0.2) is 24.2 Å². The molecule has 2 N–H and O–H groups in total. The summed E-state index contributed by atoms with van der Waals surface area (Å²) in [6, 6.07) is 8.05. The number of anilines is 1. The lowest BCUT2D eigenvalue weighted by atomic mass is 10.2. The highest BCUT2D eigenvalue weighted by Gasteiger charge is 2.18. The quantitative estimate of drug-likeness (QED) is 0.899.